The summed E-state index contributed by atoms with van der Waals surface area (Å²) in [6.45, 7) is 4.63. The van der Waals surface area contributed by atoms with Gasteiger partial charge in [-0.3, -0.25) is 9.69 Å². The summed E-state index contributed by atoms with van der Waals surface area (Å²) < 4.78 is 0. The number of aromatic nitrogens is 2. The van der Waals surface area contributed by atoms with Gasteiger partial charge in [0.25, 0.3) is 5.56 Å². The number of nitrogens with one attached hydrogen (secondary N) is 1. The van der Waals surface area contributed by atoms with Gasteiger partial charge >= 0.3 is 0 Å². The molecule has 1 saturated heterocycles. The largest absolute Gasteiger partial charge is 0.396 e. The zero-order chi connectivity index (χ0) is 15.7. The van der Waals surface area contributed by atoms with Crippen molar-refractivity contribution in [1.82, 2.24) is 14.9 Å². The van der Waals surface area contributed by atoms with Crippen LogP contribution in [0.4, 0.5) is 0 Å². The molecule has 1 unspecified atom stereocenters. The van der Waals surface area contributed by atoms with Gasteiger partial charge in [0.1, 0.15) is 5.82 Å². The lowest BCUT2D eigenvalue weighted by Crippen LogP contribution is -2.43. The van der Waals surface area contributed by atoms with E-state index in [-0.39, 0.29) is 17.6 Å². The molecule has 2 aromatic rings. The SMILES string of the molecule is CC1(CO)CCCN(Cc2nc3ccc(Cl)cc3c(=O)[nH]2)C1. The van der Waals surface area contributed by atoms with E-state index in [1.54, 1.807) is 18.2 Å². The van der Waals surface area contributed by atoms with E-state index in [1.165, 1.54) is 0 Å². The van der Waals surface area contributed by atoms with E-state index in [1.807, 2.05) is 0 Å². The summed E-state index contributed by atoms with van der Waals surface area (Å²) in [7, 11) is 0. The van der Waals surface area contributed by atoms with Crippen LogP contribution in [-0.4, -0.2) is 39.7 Å². The Bertz CT molecular complexity index is 746. The van der Waals surface area contributed by atoms with Gasteiger partial charge in [-0.1, -0.05) is 18.5 Å². The normalized spacial score (nSPS) is 23.0. The zero-order valence-corrected chi connectivity index (χ0v) is 13.4. The molecule has 0 aliphatic carbocycles. The minimum Gasteiger partial charge on any atom is -0.396 e. The van der Waals surface area contributed by atoms with Crippen molar-refractivity contribution in [1.29, 1.82) is 0 Å². The van der Waals surface area contributed by atoms with Crippen molar-refractivity contribution >= 4 is 22.5 Å². The number of rotatable bonds is 3. The first-order chi connectivity index (χ1) is 10.5. The number of halogens is 1. The van der Waals surface area contributed by atoms with Crippen molar-refractivity contribution in [3.05, 3.63) is 39.4 Å². The van der Waals surface area contributed by atoms with E-state index in [9.17, 15) is 9.90 Å². The quantitative estimate of drug-likeness (QED) is 0.909. The van der Waals surface area contributed by atoms with E-state index >= 15 is 0 Å². The fourth-order valence-corrected chi connectivity index (χ4v) is 3.31. The van der Waals surface area contributed by atoms with Crippen molar-refractivity contribution in [3.8, 4) is 0 Å². The molecule has 2 heterocycles. The number of H-pyrrole nitrogens is 1. The van der Waals surface area contributed by atoms with Gasteiger partial charge < -0.3 is 10.1 Å². The third-order valence-electron chi connectivity index (χ3n) is 4.33. The monoisotopic (exact) mass is 321 g/mol. The molecule has 1 atom stereocenters. The molecule has 1 aliphatic heterocycles. The highest BCUT2D eigenvalue weighted by molar-refractivity contribution is 6.31. The number of fused-ring (bicyclic) bond motifs is 1. The number of nitrogens with zero attached hydrogens (tertiary/aromatic N) is 2. The Hall–Kier alpha value is -1.43. The van der Waals surface area contributed by atoms with Gasteiger partial charge in [0.2, 0.25) is 0 Å². The van der Waals surface area contributed by atoms with E-state index in [0.29, 0.717) is 28.3 Å². The number of aromatic amines is 1. The topological polar surface area (TPSA) is 69.2 Å². The van der Waals surface area contributed by atoms with Crippen LogP contribution < -0.4 is 5.56 Å². The van der Waals surface area contributed by atoms with Gasteiger partial charge in [-0.05, 0) is 37.6 Å². The molecule has 1 aromatic carbocycles. The lowest BCUT2D eigenvalue weighted by atomic mass is 9.83. The highest BCUT2D eigenvalue weighted by Gasteiger charge is 2.30. The molecule has 0 radical (unpaired) electrons. The van der Waals surface area contributed by atoms with Crippen molar-refractivity contribution in [2.24, 2.45) is 5.41 Å². The number of hydrogen-bond donors (Lipinski definition) is 2. The molecule has 0 amide bonds. The Morgan fingerprint density at radius 3 is 3.09 bits per heavy atom. The summed E-state index contributed by atoms with van der Waals surface area (Å²) in [5, 5.41) is 10.6. The molecule has 0 saturated carbocycles. The molecule has 6 heteroatoms. The van der Waals surface area contributed by atoms with Gasteiger partial charge in [0, 0.05) is 23.6 Å². The first kappa shape index (κ1) is 15.5. The Balaban J connectivity index is 1.85. The van der Waals surface area contributed by atoms with Crippen LogP contribution in [0.1, 0.15) is 25.6 Å². The Labute approximate surface area is 133 Å². The first-order valence-electron chi connectivity index (χ1n) is 7.51. The van der Waals surface area contributed by atoms with Gasteiger partial charge in [0.15, 0.2) is 0 Å². The molecule has 1 aliphatic rings. The number of piperidine rings is 1. The molecule has 1 fully saturated rings. The van der Waals surface area contributed by atoms with Gasteiger partial charge in [0.05, 0.1) is 17.4 Å². The maximum Gasteiger partial charge on any atom is 0.258 e. The van der Waals surface area contributed by atoms with E-state index in [0.717, 1.165) is 25.9 Å². The van der Waals surface area contributed by atoms with Crippen LogP contribution in [0.15, 0.2) is 23.0 Å². The summed E-state index contributed by atoms with van der Waals surface area (Å²) in [6.07, 6.45) is 2.07. The van der Waals surface area contributed by atoms with Crippen molar-refractivity contribution < 1.29 is 5.11 Å². The average Bonchev–Trinajstić information content (AvgIpc) is 2.48. The molecular formula is C16H20ClN3O2. The Morgan fingerprint density at radius 2 is 2.32 bits per heavy atom. The van der Waals surface area contributed by atoms with Crippen LogP contribution in [0, 0.1) is 5.41 Å². The van der Waals surface area contributed by atoms with Gasteiger partial charge in [-0.2, -0.15) is 0 Å². The van der Waals surface area contributed by atoms with Gasteiger partial charge in [-0.25, -0.2) is 4.98 Å². The molecule has 22 heavy (non-hydrogen) atoms. The zero-order valence-electron chi connectivity index (χ0n) is 12.6. The second-order valence-corrected chi connectivity index (χ2v) is 6.89. The van der Waals surface area contributed by atoms with Crippen LogP contribution in [0.25, 0.3) is 10.9 Å². The first-order valence-corrected chi connectivity index (χ1v) is 7.89. The molecule has 118 valence electrons. The maximum absolute atomic E-state index is 12.2. The molecule has 0 bridgehead atoms. The molecule has 1 aromatic heterocycles. The summed E-state index contributed by atoms with van der Waals surface area (Å²) in [4.78, 5) is 21.8. The van der Waals surface area contributed by atoms with E-state index in [4.69, 9.17) is 11.6 Å². The fourth-order valence-electron chi connectivity index (χ4n) is 3.14. The molecule has 0 spiro atoms. The average molecular weight is 322 g/mol. The summed E-state index contributed by atoms with van der Waals surface area (Å²) in [5.74, 6) is 0.655. The smallest absolute Gasteiger partial charge is 0.258 e. The predicted molar refractivity (Wildman–Crippen MR) is 87.1 cm³/mol. The van der Waals surface area contributed by atoms with E-state index in [2.05, 4.69) is 21.8 Å². The molecule has 3 rings (SSSR count). The third-order valence-corrected chi connectivity index (χ3v) is 4.57. The second-order valence-electron chi connectivity index (χ2n) is 6.46. The minimum atomic E-state index is -0.163. The molecule has 2 N–H and O–H groups in total. The highest BCUT2D eigenvalue weighted by Crippen LogP contribution is 2.29. The van der Waals surface area contributed by atoms with E-state index < -0.39 is 0 Å². The standard InChI is InChI=1S/C16H20ClN3O2/c1-16(10-21)5-2-6-20(9-16)8-14-18-13-4-3-11(17)7-12(13)15(22)19-14/h3-4,7,21H,2,5-6,8-10H2,1H3,(H,18,19,22). The van der Waals surface area contributed by atoms with Crippen LogP contribution in [0.2, 0.25) is 5.02 Å². The van der Waals surface area contributed by atoms with Crippen LogP contribution in [0.3, 0.4) is 0 Å². The maximum atomic E-state index is 12.2. The molecular weight excluding hydrogens is 302 g/mol. The summed E-state index contributed by atoms with van der Waals surface area (Å²) in [5.41, 5.74) is 0.428. The van der Waals surface area contributed by atoms with Crippen molar-refractivity contribution in [2.75, 3.05) is 19.7 Å². The van der Waals surface area contributed by atoms with Crippen molar-refractivity contribution in [2.45, 2.75) is 26.3 Å². The second kappa shape index (κ2) is 5.99. The lowest BCUT2D eigenvalue weighted by molar-refractivity contribution is 0.0417. The lowest BCUT2D eigenvalue weighted by Gasteiger charge is -2.39. The Kier molecular flexibility index (Phi) is 4.21. The minimum absolute atomic E-state index is 0.0665. The number of aliphatic hydroxyl groups is 1. The number of aliphatic hydroxyl groups excluding tert-OH is 1. The van der Waals surface area contributed by atoms with Gasteiger partial charge in [-0.15, -0.1) is 0 Å². The molecule has 5 nitrogen and oxygen atoms in total. The van der Waals surface area contributed by atoms with Crippen molar-refractivity contribution in [3.63, 3.8) is 0 Å². The fraction of sp³-hybridized carbons (Fsp3) is 0.500. The number of likely N-dealkylation sites (tertiary alicyclic amines) is 1. The van der Waals surface area contributed by atoms with Crippen LogP contribution in [-0.2, 0) is 6.54 Å². The number of hydrogen-bond acceptors (Lipinski definition) is 4. The number of benzene rings is 1. The summed E-state index contributed by atoms with van der Waals surface area (Å²) in [6, 6.07) is 5.14. The predicted octanol–water partition coefficient (Wildman–Crippen LogP) is 2.17. The third kappa shape index (κ3) is 3.16. The van der Waals surface area contributed by atoms with Crippen LogP contribution in [0.5, 0.6) is 0 Å². The highest BCUT2D eigenvalue weighted by atomic mass is 35.5. The summed E-state index contributed by atoms with van der Waals surface area (Å²) >= 11 is 5.92. The van der Waals surface area contributed by atoms with Crippen LogP contribution >= 0.6 is 11.6 Å². The Morgan fingerprint density at radius 1 is 1.50 bits per heavy atom.